The Bertz CT molecular complexity index is 648. The smallest absolute Gasteiger partial charge is 0.265 e. The first-order valence-electron chi connectivity index (χ1n) is 6.97. The molecule has 1 aliphatic rings. The second-order valence-corrected chi connectivity index (χ2v) is 6.68. The summed E-state index contributed by atoms with van der Waals surface area (Å²) in [4.78, 5) is 18.6. The van der Waals surface area contributed by atoms with E-state index in [4.69, 9.17) is 0 Å². The van der Waals surface area contributed by atoms with Crippen molar-refractivity contribution in [1.29, 1.82) is 0 Å². The third-order valence-corrected chi connectivity index (χ3v) is 4.94. The molecule has 0 saturated carbocycles. The van der Waals surface area contributed by atoms with Crippen LogP contribution in [-0.4, -0.2) is 10.9 Å². The minimum Gasteiger partial charge on any atom is -0.321 e. The van der Waals surface area contributed by atoms with E-state index in [2.05, 4.69) is 23.3 Å². The molecule has 2 aromatic heterocycles. The Kier molecular flexibility index (Phi) is 3.57. The number of anilines is 1. The van der Waals surface area contributed by atoms with Crippen LogP contribution in [0.5, 0.6) is 0 Å². The second-order valence-electron chi connectivity index (χ2n) is 5.55. The Labute approximate surface area is 123 Å². The lowest BCUT2D eigenvalue weighted by atomic mass is 9.90. The number of rotatable bonds is 2. The van der Waals surface area contributed by atoms with Gasteiger partial charge in [0.2, 0.25) is 0 Å². The molecule has 0 fully saturated rings. The molecular weight excluding hydrogens is 268 g/mol. The van der Waals surface area contributed by atoms with E-state index in [0.717, 1.165) is 35.0 Å². The molecule has 20 heavy (non-hydrogen) atoms. The number of aromatic nitrogens is 1. The summed E-state index contributed by atoms with van der Waals surface area (Å²) in [5.41, 5.74) is 3.08. The molecule has 0 aromatic carbocycles. The maximum Gasteiger partial charge on any atom is 0.265 e. The normalized spacial score (nSPS) is 17.6. The predicted octanol–water partition coefficient (Wildman–Crippen LogP) is 3.83. The molecule has 3 nitrogen and oxygen atoms in total. The van der Waals surface area contributed by atoms with Gasteiger partial charge in [-0.1, -0.05) is 6.92 Å². The minimum atomic E-state index is -0.0114. The maximum absolute atomic E-state index is 12.3. The van der Waals surface area contributed by atoms with E-state index in [1.807, 2.05) is 19.1 Å². The fourth-order valence-electron chi connectivity index (χ4n) is 2.63. The zero-order valence-corrected chi connectivity index (χ0v) is 12.6. The summed E-state index contributed by atoms with van der Waals surface area (Å²) in [6.45, 7) is 4.20. The molecule has 1 atom stereocenters. The van der Waals surface area contributed by atoms with Crippen LogP contribution in [0.1, 0.15) is 39.2 Å². The van der Waals surface area contributed by atoms with Crippen LogP contribution in [-0.2, 0) is 12.8 Å². The number of hydrogen-bond donors (Lipinski definition) is 1. The SMILES string of the molecule is Cc1cc(NC(=O)c2cc3c(s2)CCC(C)C3)ccn1. The minimum absolute atomic E-state index is 0.0114. The Morgan fingerprint density at radius 2 is 2.30 bits per heavy atom. The highest BCUT2D eigenvalue weighted by Crippen LogP contribution is 2.32. The Morgan fingerprint density at radius 1 is 1.45 bits per heavy atom. The number of nitrogens with zero attached hydrogens (tertiary/aromatic N) is 1. The molecule has 2 heterocycles. The first kappa shape index (κ1) is 13.3. The van der Waals surface area contributed by atoms with Crippen LogP contribution < -0.4 is 5.32 Å². The molecule has 0 aliphatic heterocycles. The quantitative estimate of drug-likeness (QED) is 0.911. The van der Waals surface area contributed by atoms with Gasteiger partial charge in [-0.25, -0.2) is 0 Å². The summed E-state index contributed by atoms with van der Waals surface area (Å²) in [5.74, 6) is 0.721. The van der Waals surface area contributed by atoms with Gasteiger partial charge in [0, 0.05) is 22.5 Å². The van der Waals surface area contributed by atoms with Crippen molar-refractivity contribution in [3.8, 4) is 0 Å². The van der Waals surface area contributed by atoms with Gasteiger partial charge in [-0.3, -0.25) is 9.78 Å². The molecule has 4 heteroatoms. The summed E-state index contributed by atoms with van der Waals surface area (Å²) >= 11 is 1.64. The fraction of sp³-hybridized carbons (Fsp3) is 0.375. The summed E-state index contributed by atoms with van der Waals surface area (Å²) in [6.07, 6.45) is 5.17. The third-order valence-electron chi connectivity index (χ3n) is 3.71. The second kappa shape index (κ2) is 5.37. The predicted molar refractivity (Wildman–Crippen MR) is 82.4 cm³/mol. The van der Waals surface area contributed by atoms with Crippen LogP contribution in [0.25, 0.3) is 0 Å². The van der Waals surface area contributed by atoms with Crippen molar-refractivity contribution in [3.05, 3.63) is 45.4 Å². The van der Waals surface area contributed by atoms with E-state index in [1.165, 1.54) is 16.9 Å². The number of hydrogen-bond acceptors (Lipinski definition) is 3. The van der Waals surface area contributed by atoms with E-state index < -0.39 is 0 Å². The highest BCUT2D eigenvalue weighted by atomic mass is 32.1. The maximum atomic E-state index is 12.3. The van der Waals surface area contributed by atoms with E-state index in [-0.39, 0.29) is 5.91 Å². The lowest BCUT2D eigenvalue weighted by Gasteiger charge is -2.16. The highest BCUT2D eigenvalue weighted by Gasteiger charge is 2.20. The van der Waals surface area contributed by atoms with Crippen LogP contribution in [0, 0.1) is 12.8 Å². The van der Waals surface area contributed by atoms with E-state index in [0.29, 0.717) is 0 Å². The molecule has 1 amide bonds. The molecule has 2 aromatic rings. The molecule has 1 N–H and O–H groups in total. The van der Waals surface area contributed by atoms with Gasteiger partial charge in [-0.15, -0.1) is 11.3 Å². The van der Waals surface area contributed by atoms with Gasteiger partial charge < -0.3 is 5.32 Å². The van der Waals surface area contributed by atoms with Crippen LogP contribution in [0.2, 0.25) is 0 Å². The standard InChI is InChI=1S/C16H18N2OS/c1-10-3-4-14-12(7-10)9-15(20-14)16(19)18-13-5-6-17-11(2)8-13/h5-6,8-10H,3-4,7H2,1-2H3,(H,17,18,19). The van der Waals surface area contributed by atoms with E-state index >= 15 is 0 Å². The lowest BCUT2D eigenvalue weighted by molar-refractivity contribution is 0.103. The zero-order valence-electron chi connectivity index (χ0n) is 11.8. The van der Waals surface area contributed by atoms with Crippen LogP contribution in [0.4, 0.5) is 5.69 Å². The monoisotopic (exact) mass is 286 g/mol. The topological polar surface area (TPSA) is 42.0 Å². The number of thiophene rings is 1. The Morgan fingerprint density at radius 3 is 3.10 bits per heavy atom. The number of fused-ring (bicyclic) bond motifs is 1. The summed E-state index contributed by atoms with van der Waals surface area (Å²) in [5, 5.41) is 2.95. The van der Waals surface area contributed by atoms with Crippen LogP contribution in [0.15, 0.2) is 24.4 Å². The zero-order chi connectivity index (χ0) is 14.1. The average molecular weight is 286 g/mol. The van der Waals surface area contributed by atoms with Crippen molar-refractivity contribution in [2.24, 2.45) is 5.92 Å². The van der Waals surface area contributed by atoms with Crippen molar-refractivity contribution >= 4 is 22.9 Å². The molecule has 104 valence electrons. The first-order chi connectivity index (χ1) is 9.61. The summed E-state index contributed by atoms with van der Waals surface area (Å²) in [7, 11) is 0. The molecule has 0 radical (unpaired) electrons. The lowest BCUT2D eigenvalue weighted by Crippen LogP contribution is -2.10. The van der Waals surface area contributed by atoms with Crippen molar-refractivity contribution in [1.82, 2.24) is 4.98 Å². The third kappa shape index (κ3) is 2.75. The van der Waals surface area contributed by atoms with Crippen LogP contribution >= 0.6 is 11.3 Å². The van der Waals surface area contributed by atoms with Gasteiger partial charge in [0.25, 0.3) is 5.91 Å². The summed E-state index contributed by atoms with van der Waals surface area (Å²) < 4.78 is 0. The van der Waals surface area contributed by atoms with E-state index in [1.54, 1.807) is 17.5 Å². The van der Waals surface area contributed by atoms with Gasteiger partial charge >= 0.3 is 0 Å². The van der Waals surface area contributed by atoms with Gasteiger partial charge in [-0.05, 0) is 55.9 Å². The molecule has 0 saturated heterocycles. The number of nitrogens with one attached hydrogen (secondary N) is 1. The van der Waals surface area contributed by atoms with Gasteiger partial charge in [0.15, 0.2) is 0 Å². The van der Waals surface area contributed by atoms with Crippen molar-refractivity contribution in [3.63, 3.8) is 0 Å². The molecule has 1 unspecified atom stereocenters. The van der Waals surface area contributed by atoms with Gasteiger partial charge in [0.05, 0.1) is 4.88 Å². The van der Waals surface area contributed by atoms with Gasteiger partial charge in [0.1, 0.15) is 0 Å². The Hall–Kier alpha value is -1.68. The molecule has 0 bridgehead atoms. The summed E-state index contributed by atoms with van der Waals surface area (Å²) in [6, 6.07) is 5.77. The molecule has 3 rings (SSSR count). The average Bonchev–Trinajstić information content (AvgIpc) is 2.81. The first-order valence-corrected chi connectivity index (χ1v) is 7.79. The van der Waals surface area contributed by atoms with Crippen molar-refractivity contribution in [2.45, 2.75) is 33.1 Å². The Balaban J connectivity index is 1.78. The molecular formula is C16H18N2OS. The number of pyridine rings is 1. The van der Waals surface area contributed by atoms with E-state index in [9.17, 15) is 4.79 Å². The van der Waals surface area contributed by atoms with Crippen molar-refractivity contribution in [2.75, 3.05) is 5.32 Å². The molecule has 1 aliphatic carbocycles. The van der Waals surface area contributed by atoms with Crippen molar-refractivity contribution < 1.29 is 4.79 Å². The number of amides is 1. The highest BCUT2D eigenvalue weighted by molar-refractivity contribution is 7.14. The largest absolute Gasteiger partial charge is 0.321 e. The number of aryl methyl sites for hydroxylation is 2. The van der Waals surface area contributed by atoms with Gasteiger partial charge in [-0.2, -0.15) is 0 Å². The fourth-order valence-corrected chi connectivity index (χ4v) is 3.74. The number of carbonyl (C=O) groups is 1. The van der Waals surface area contributed by atoms with Crippen LogP contribution in [0.3, 0.4) is 0 Å². The number of carbonyl (C=O) groups excluding carboxylic acids is 1. The molecule has 0 spiro atoms.